The Morgan fingerprint density at radius 1 is 1.17 bits per heavy atom. The predicted octanol–water partition coefficient (Wildman–Crippen LogP) is 2.13. The van der Waals surface area contributed by atoms with Gasteiger partial charge >= 0.3 is 0 Å². The number of anilines is 2. The van der Waals surface area contributed by atoms with Crippen LogP contribution >= 0.6 is 0 Å². The first-order valence-corrected chi connectivity index (χ1v) is 7.55. The molecular weight excluding hydrogens is 290 g/mol. The fourth-order valence-electron chi connectivity index (χ4n) is 2.17. The highest BCUT2D eigenvalue weighted by atomic mass is 16.1. The van der Waals surface area contributed by atoms with Crippen molar-refractivity contribution in [1.29, 1.82) is 0 Å². The number of aromatic nitrogens is 2. The molecule has 23 heavy (non-hydrogen) atoms. The van der Waals surface area contributed by atoms with Gasteiger partial charge in [0.25, 0.3) is 5.91 Å². The average molecular weight is 313 g/mol. The molecule has 0 aliphatic carbocycles. The third-order valence-electron chi connectivity index (χ3n) is 3.48. The van der Waals surface area contributed by atoms with Crippen molar-refractivity contribution in [3.63, 3.8) is 0 Å². The molecular formula is C17H23N5O. The van der Waals surface area contributed by atoms with Gasteiger partial charge < -0.3 is 15.5 Å². The van der Waals surface area contributed by atoms with Crippen LogP contribution in [0.2, 0.25) is 0 Å². The lowest BCUT2D eigenvalue weighted by Crippen LogP contribution is -2.31. The summed E-state index contributed by atoms with van der Waals surface area (Å²) in [5.74, 6) is 0.411. The van der Waals surface area contributed by atoms with Gasteiger partial charge in [0.1, 0.15) is 17.8 Å². The number of hydrogen-bond acceptors (Lipinski definition) is 5. The Balaban J connectivity index is 2.09. The molecule has 0 saturated carbocycles. The van der Waals surface area contributed by atoms with E-state index in [0.717, 1.165) is 23.4 Å². The molecule has 0 saturated heterocycles. The zero-order valence-corrected chi connectivity index (χ0v) is 14.1. The number of aryl methyl sites for hydroxylation is 2. The van der Waals surface area contributed by atoms with Gasteiger partial charge in [-0.1, -0.05) is 18.2 Å². The Hall–Kier alpha value is -2.47. The molecule has 1 aromatic heterocycles. The highest BCUT2D eigenvalue weighted by Crippen LogP contribution is 2.23. The minimum Gasteiger partial charge on any atom is -0.349 e. The van der Waals surface area contributed by atoms with Gasteiger partial charge in [0, 0.05) is 24.8 Å². The molecule has 0 unspecified atom stereocenters. The normalized spacial score (nSPS) is 10.7. The number of rotatable bonds is 6. The van der Waals surface area contributed by atoms with Crippen molar-refractivity contribution in [1.82, 2.24) is 20.2 Å². The molecule has 0 spiro atoms. The van der Waals surface area contributed by atoms with E-state index in [1.807, 2.05) is 51.0 Å². The minimum atomic E-state index is -0.196. The van der Waals surface area contributed by atoms with Gasteiger partial charge in [0.05, 0.1) is 0 Å². The van der Waals surface area contributed by atoms with Gasteiger partial charge in [-0.3, -0.25) is 4.79 Å². The monoisotopic (exact) mass is 313 g/mol. The number of carbonyl (C=O) groups excluding carboxylic acids is 1. The van der Waals surface area contributed by atoms with E-state index in [1.54, 1.807) is 6.07 Å². The maximum atomic E-state index is 12.1. The van der Waals surface area contributed by atoms with E-state index in [9.17, 15) is 4.79 Å². The predicted molar refractivity (Wildman–Crippen MR) is 92.1 cm³/mol. The van der Waals surface area contributed by atoms with Crippen LogP contribution in [-0.2, 0) is 0 Å². The number of nitrogens with zero attached hydrogens (tertiary/aromatic N) is 3. The van der Waals surface area contributed by atoms with Crippen LogP contribution in [-0.4, -0.2) is 48.0 Å². The lowest BCUT2D eigenvalue weighted by atomic mass is 10.1. The molecule has 2 aromatic rings. The number of hydrogen-bond donors (Lipinski definition) is 2. The molecule has 6 nitrogen and oxygen atoms in total. The summed E-state index contributed by atoms with van der Waals surface area (Å²) in [7, 11) is 3.92. The summed E-state index contributed by atoms with van der Waals surface area (Å²) >= 11 is 0. The third kappa shape index (κ3) is 4.75. The van der Waals surface area contributed by atoms with Crippen LogP contribution < -0.4 is 10.6 Å². The summed E-state index contributed by atoms with van der Waals surface area (Å²) in [6.07, 6.45) is 1.40. The largest absolute Gasteiger partial charge is 0.349 e. The molecule has 0 aliphatic rings. The van der Waals surface area contributed by atoms with Gasteiger partial charge in [-0.2, -0.15) is 0 Å². The average Bonchev–Trinajstić information content (AvgIpc) is 2.51. The van der Waals surface area contributed by atoms with Crippen molar-refractivity contribution in [3.05, 3.63) is 47.4 Å². The molecule has 122 valence electrons. The van der Waals surface area contributed by atoms with Crippen molar-refractivity contribution in [2.24, 2.45) is 0 Å². The fraction of sp³-hybridized carbons (Fsp3) is 0.353. The molecule has 1 heterocycles. The lowest BCUT2D eigenvalue weighted by molar-refractivity contribution is 0.0946. The van der Waals surface area contributed by atoms with Gasteiger partial charge in [0.2, 0.25) is 0 Å². The molecule has 0 fully saturated rings. The summed E-state index contributed by atoms with van der Waals surface area (Å²) in [5, 5.41) is 6.12. The van der Waals surface area contributed by atoms with Crippen LogP contribution in [0.15, 0.2) is 30.6 Å². The van der Waals surface area contributed by atoms with E-state index in [-0.39, 0.29) is 5.91 Å². The molecule has 0 atom stereocenters. The zero-order valence-electron chi connectivity index (χ0n) is 14.1. The van der Waals surface area contributed by atoms with Crippen molar-refractivity contribution in [2.45, 2.75) is 13.8 Å². The van der Waals surface area contributed by atoms with E-state index < -0.39 is 0 Å². The Kier molecular flexibility index (Phi) is 5.65. The molecule has 0 radical (unpaired) electrons. The zero-order chi connectivity index (χ0) is 16.8. The van der Waals surface area contributed by atoms with Crippen LogP contribution in [0.3, 0.4) is 0 Å². The lowest BCUT2D eigenvalue weighted by Gasteiger charge is -2.13. The Bertz CT molecular complexity index is 664. The first-order chi connectivity index (χ1) is 11.0. The second kappa shape index (κ2) is 7.69. The number of nitrogens with one attached hydrogen (secondary N) is 2. The van der Waals surface area contributed by atoms with Crippen molar-refractivity contribution < 1.29 is 4.79 Å². The Labute approximate surface area is 137 Å². The number of para-hydroxylation sites is 1. The van der Waals surface area contributed by atoms with Crippen molar-refractivity contribution in [2.75, 3.05) is 32.5 Å². The molecule has 6 heteroatoms. The molecule has 1 amide bonds. The van der Waals surface area contributed by atoms with Gasteiger partial charge in [-0.25, -0.2) is 9.97 Å². The highest BCUT2D eigenvalue weighted by molar-refractivity contribution is 5.93. The van der Waals surface area contributed by atoms with E-state index >= 15 is 0 Å². The minimum absolute atomic E-state index is 0.196. The topological polar surface area (TPSA) is 70.2 Å². The highest BCUT2D eigenvalue weighted by Gasteiger charge is 2.10. The summed E-state index contributed by atoms with van der Waals surface area (Å²) < 4.78 is 0. The smallest absolute Gasteiger partial charge is 0.270 e. The first-order valence-electron chi connectivity index (χ1n) is 7.55. The van der Waals surface area contributed by atoms with Gasteiger partial charge in [0.15, 0.2) is 0 Å². The number of likely N-dealkylation sites (N-methyl/N-ethyl adjacent to an activating group) is 1. The molecule has 2 N–H and O–H groups in total. The maximum absolute atomic E-state index is 12.1. The Morgan fingerprint density at radius 3 is 2.52 bits per heavy atom. The van der Waals surface area contributed by atoms with Crippen LogP contribution in [0.1, 0.15) is 21.6 Å². The van der Waals surface area contributed by atoms with E-state index in [4.69, 9.17) is 0 Å². The van der Waals surface area contributed by atoms with Crippen LogP contribution in [0.5, 0.6) is 0 Å². The van der Waals surface area contributed by atoms with Gasteiger partial charge in [-0.05, 0) is 39.1 Å². The molecule has 1 aromatic carbocycles. The van der Waals surface area contributed by atoms with Crippen LogP contribution in [0, 0.1) is 13.8 Å². The quantitative estimate of drug-likeness (QED) is 0.855. The summed E-state index contributed by atoms with van der Waals surface area (Å²) in [4.78, 5) is 22.4. The van der Waals surface area contributed by atoms with E-state index in [0.29, 0.717) is 18.1 Å². The summed E-state index contributed by atoms with van der Waals surface area (Å²) in [5.41, 5.74) is 3.61. The number of carbonyl (C=O) groups is 1. The van der Waals surface area contributed by atoms with E-state index in [1.165, 1.54) is 6.33 Å². The standard InChI is InChI=1S/C17H23N5O/c1-12-6-5-7-13(2)16(12)21-15-10-14(19-11-20-15)17(23)18-8-9-22(3)4/h5-7,10-11H,8-9H2,1-4H3,(H,18,23)(H,19,20,21). The van der Waals surface area contributed by atoms with Gasteiger partial charge in [-0.15, -0.1) is 0 Å². The molecule has 0 bridgehead atoms. The SMILES string of the molecule is Cc1cccc(C)c1Nc1cc(C(=O)NCCN(C)C)ncn1. The van der Waals surface area contributed by atoms with Crippen LogP contribution in [0.4, 0.5) is 11.5 Å². The summed E-state index contributed by atoms with van der Waals surface area (Å²) in [6.45, 7) is 5.43. The van der Waals surface area contributed by atoms with E-state index in [2.05, 4.69) is 20.6 Å². The fourth-order valence-corrected chi connectivity index (χ4v) is 2.17. The maximum Gasteiger partial charge on any atom is 0.270 e. The van der Waals surface area contributed by atoms with Crippen molar-refractivity contribution in [3.8, 4) is 0 Å². The molecule has 2 rings (SSSR count). The third-order valence-corrected chi connectivity index (χ3v) is 3.48. The first kappa shape index (κ1) is 16.9. The molecule has 0 aliphatic heterocycles. The number of amides is 1. The van der Waals surface area contributed by atoms with Crippen LogP contribution in [0.25, 0.3) is 0 Å². The Morgan fingerprint density at radius 2 is 1.87 bits per heavy atom. The van der Waals surface area contributed by atoms with Crippen molar-refractivity contribution >= 4 is 17.4 Å². The second-order valence-corrected chi connectivity index (χ2v) is 5.74. The second-order valence-electron chi connectivity index (χ2n) is 5.74. The summed E-state index contributed by atoms with van der Waals surface area (Å²) in [6, 6.07) is 7.74. The number of benzene rings is 1.